The molecule has 0 bridgehead atoms. The minimum atomic E-state index is 0.471. The zero-order chi connectivity index (χ0) is 16.4. The Morgan fingerprint density at radius 2 is 1.58 bits per heavy atom. The van der Waals surface area contributed by atoms with Gasteiger partial charge in [0.2, 0.25) is 0 Å². The fourth-order valence-corrected chi connectivity index (χ4v) is 4.02. The lowest BCUT2D eigenvalue weighted by Gasteiger charge is -2.07. The van der Waals surface area contributed by atoms with Crippen LogP contribution in [0.4, 0.5) is 0 Å². The third kappa shape index (κ3) is 1.60. The fourth-order valence-electron chi connectivity index (χ4n) is 4.02. The molecule has 2 heterocycles. The van der Waals surface area contributed by atoms with Crippen LogP contribution < -0.4 is 0 Å². The molecule has 0 fully saturated rings. The number of aromatic nitrogens is 1. The second kappa shape index (κ2) is 4.64. The highest BCUT2D eigenvalue weighted by Gasteiger charge is 2.18. The van der Waals surface area contributed by atoms with E-state index in [4.69, 9.17) is 4.42 Å². The van der Waals surface area contributed by atoms with E-state index in [2.05, 4.69) is 74.0 Å². The van der Waals surface area contributed by atoms with Crippen LogP contribution in [0.5, 0.6) is 0 Å². The van der Waals surface area contributed by atoms with Gasteiger partial charge in [-0.05, 0) is 35.7 Å². The van der Waals surface area contributed by atoms with E-state index in [0.717, 1.165) is 11.2 Å². The average molecular weight is 313 g/mol. The molecule has 2 nitrogen and oxygen atoms in total. The summed E-state index contributed by atoms with van der Waals surface area (Å²) >= 11 is 0. The summed E-state index contributed by atoms with van der Waals surface area (Å²) < 4.78 is 8.59. The number of fused-ring (bicyclic) bond motifs is 7. The van der Waals surface area contributed by atoms with E-state index in [9.17, 15) is 0 Å². The molecule has 0 atom stereocenters. The molecule has 0 saturated carbocycles. The summed E-state index contributed by atoms with van der Waals surface area (Å²) in [5.41, 5.74) is 5.84. The zero-order valence-corrected chi connectivity index (χ0v) is 14.1. The minimum Gasteiger partial charge on any atom is -0.455 e. The van der Waals surface area contributed by atoms with Gasteiger partial charge < -0.3 is 8.98 Å². The van der Waals surface area contributed by atoms with E-state index >= 15 is 0 Å². The van der Waals surface area contributed by atoms with Crippen molar-refractivity contribution in [2.45, 2.75) is 19.8 Å². The van der Waals surface area contributed by atoms with Crippen molar-refractivity contribution in [2.24, 2.45) is 7.05 Å². The van der Waals surface area contributed by atoms with Crippen LogP contribution in [0.2, 0.25) is 0 Å². The summed E-state index contributed by atoms with van der Waals surface area (Å²) in [6, 6.07) is 19.3. The van der Waals surface area contributed by atoms with Crippen LogP contribution in [0.1, 0.15) is 25.3 Å². The number of benzene rings is 3. The first kappa shape index (κ1) is 13.7. The lowest BCUT2D eigenvalue weighted by molar-refractivity contribution is 0.673. The Kier molecular flexibility index (Phi) is 2.64. The number of hydrogen-bond donors (Lipinski definition) is 0. The number of furan rings is 1. The van der Waals surface area contributed by atoms with Gasteiger partial charge in [-0.2, -0.15) is 0 Å². The first-order valence-corrected chi connectivity index (χ1v) is 8.48. The standard InChI is InChI=1S/C22H19NO/c1-13(2)14-8-6-9-17-20(14)21-18(23(17)3)12-11-16-15-7-4-5-10-19(15)24-22(16)21/h4-13H,1-3H3. The molecule has 118 valence electrons. The Labute approximate surface area is 140 Å². The van der Waals surface area contributed by atoms with Crippen molar-refractivity contribution < 1.29 is 4.42 Å². The maximum atomic E-state index is 6.31. The smallest absolute Gasteiger partial charge is 0.145 e. The number of rotatable bonds is 1. The third-order valence-corrected chi connectivity index (χ3v) is 5.19. The second-order valence-electron chi connectivity index (χ2n) is 6.89. The lowest BCUT2D eigenvalue weighted by atomic mass is 9.96. The van der Waals surface area contributed by atoms with E-state index in [1.54, 1.807) is 0 Å². The Balaban J connectivity index is 2.12. The number of aryl methyl sites for hydroxylation is 1. The molecular weight excluding hydrogens is 294 g/mol. The van der Waals surface area contributed by atoms with E-state index in [-0.39, 0.29) is 0 Å². The van der Waals surface area contributed by atoms with Gasteiger partial charge in [0.05, 0.1) is 10.9 Å². The molecule has 0 amide bonds. The van der Waals surface area contributed by atoms with Crippen LogP contribution in [-0.2, 0) is 7.05 Å². The van der Waals surface area contributed by atoms with Gasteiger partial charge in [0.25, 0.3) is 0 Å². The lowest BCUT2D eigenvalue weighted by Crippen LogP contribution is -1.89. The summed E-state index contributed by atoms with van der Waals surface area (Å²) in [7, 11) is 2.14. The number of nitrogens with zero attached hydrogens (tertiary/aromatic N) is 1. The molecule has 3 aromatic carbocycles. The van der Waals surface area contributed by atoms with Gasteiger partial charge in [0.15, 0.2) is 0 Å². The molecule has 2 heteroatoms. The van der Waals surface area contributed by atoms with Gasteiger partial charge in [-0.25, -0.2) is 0 Å². The first-order chi connectivity index (χ1) is 11.7. The van der Waals surface area contributed by atoms with Gasteiger partial charge >= 0.3 is 0 Å². The van der Waals surface area contributed by atoms with E-state index in [1.807, 2.05) is 6.07 Å². The maximum Gasteiger partial charge on any atom is 0.145 e. The monoisotopic (exact) mass is 313 g/mol. The van der Waals surface area contributed by atoms with E-state index in [0.29, 0.717) is 5.92 Å². The van der Waals surface area contributed by atoms with Gasteiger partial charge in [0.1, 0.15) is 11.2 Å². The molecule has 2 aromatic heterocycles. The molecule has 0 spiro atoms. The van der Waals surface area contributed by atoms with Crippen LogP contribution in [-0.4, -0.2) is 4.57 Å². The van der Waals surface area contributed by atoms with Crippen LogP contribution >= 0.6 is 0 Å². The van der Waals surface area contributed by atoms with Crippen molar-refractivity contribution in [2.75, 3.05) is 0 Å². The van der Waals surface area contributed by atoms with Crippen LogP contribution in [0, 0.1) is 0 Å². The van der Waals surface area contributed by atoms with Crippen molar-refractivity contribution in [1.82, 2.24) is 4.57 Å². The topological polar surface area (TPSA) is 18.1 Å². The molecule has 5 aromatic rings. The quantitative estimate of drug-likeness (QED) is 0.352. The van der Waals surface area contributed by atoms with Crippen molar-refractivity contribution >= 4 is 43.7 Å². The molecule has 0 aliphatic carbocycles. The largest absolute Gasteiger partial charge is 0.455 e. The van der Waals surface area contributed by atoms with Crippen molar-refractivity contribution in [3.05, 3.63) is 60.2 Å². The fraction of sp³-hybridized carbons (Fsp3) is 0.182. The van der Waals surface area contributed by atoms with Gasteiger partial charge in [-0.15, -0.1) is 0 Å². The summed E-state index contributed by atoms with van der Waals surface area (Å²) in [6.07, 6.45) is 0. The van der Waals surface area contributed by atoms with Gasteiger partial charge in [-0.3, -0.25) is 0 Å². The molecule has 0 unspecified atom stereocenters. The summed E-state index contributed by atoms with van der Waals surface area (Å²) in [5.74, 6) is 0.471. The van der Waals surface area contributed by atoms with Crippen LogP contribution in [0.3, 0.4) is 0 Å². The van der Waals surface area contributed by atoms with Crippen molar-refractivity contribution in [3.63, 3.8) is 0 Å². The predicted octanol–water partition coefficient (Wildman–Crippen LogP) is 6.35. The first-order valence-electron chi connectivity index (χ1n) is 8.48. The van der Waals surface area contributed by atoms with Gasteiger partial charge in [-0.1, -0.05) is 44.2 Å². The molecule has 0 N–H and O–H groups in total. The second-order valence-corrected chi connectivity index (χ2v) is 6.89. The average Bonchev–Trinajstić information content (AvgIpc) is 3.11. The highest BCUT2D eigenvalue weighted by atomic mass is 16.3. The van der Waals surface area contributed by atoms with Gasteiger partial charge in [0, 0.05) is 28.7 Å². The maximum absolute atomic E-state index is 6.31. The van der Waals surface area contributed by atoms with Crippen molar-refractivity contribution in [3.8, 4) is 0 Å². The molecule has 0 saturated heterocycles. The molecule has 5 rings (SSSR count). The molecule has 0 aliphatic heterocycles. The Bertz CT molecular complexity index is 1240. The number of hydrogen-bond acceptors (Lipinski definition) is 1. The Morgan fingerprint density at radius 3 is 2.42 bits per heavy atom. The molecule has 0 radical (unpaired) electrons. The molecule has 24 heavy (non-hydrogen) atoms. The summed E-state index contributed by atoms with van der Waals surface area (Å²) in [6.45, 7) is 4.51. The van der Waals surface area contributed by atoms with E-state index < -0.39 is 0 Å². The SMILES string of the molecule is CC(C)c1cccc2c1c1c3oc4ccccc4c3ccc1n2C. The highest BCUT2D eigenvalue weighted by molar-refractivity contribution is 6.24. The normalized spacial score (nSPS) is 12.3. The number of para-hydroxylation sites is 1. The van der Waals surface area contributed by atoms with Crippen LogP contribution in [0.25, 0.3) is 43.7 Å². The highest BCUT2D eigenvalue weighted by Crippen LogP contribution is 2.41. The third-order valence-electron chi connectivity index (χ3n) is 5.19. The minimum absolute atomic E-state index is 0.471. The summed E-state index contributed by atoms with van der Waals surface area (Å²) in [4.78, 5) is 0. The zero-order valence-electron chi connectivity index (χ0n) is 14.1. The summed E-state index contributed by atoms with van der Waals surface area (Å²) in [5, 5.41) is 4.96. The Morgan fingerprint density at radius 1 is 0.792 bits per heavy atom. The van der Waals surface area contributed by atoms with E-state index in [1.165, 1.54) is 38.1 Å². The Hall–Kier alpha value is -2.74. The predicted molar refractivity (Wildman–Crippen MR) is 102 cm³/mol. The van der Waals surface area contributed by atoms with Crippen LogP contribution in [0.15, 0.2) is 59.0 Å². The molecule has 0 aliphatic rings. The molecular formula is C22H19NO. The van der Waals surface area contributed by atoms with Crippen molar-refractivity contribution in [1.29, 1.82) is 0 Å².